The molecule has 3 rings (SSSR count). The van der Waals surface area contributed by atoms with Crippen LogP contribution in [0.3, 0.4) is 0 Å². The van der Waals surface area contributed by atoms with Crippen molar-refractivity contribution in [2.45, 2.75) is 6.42 Å². The number of amides is 2. The summed E-state index contributed by atoms with van der Waals surface area (Å²) in [6.07, 6.45) is 0.674. The first kappa shape index (κ1) is 19.7. The van der Waals surface area contributed by atoms with Crippen molar-refractivity contribution in [2.24, 2.45) is 0 Å². The summed E-state index contributed by atoms with van der Waals surface area (Å²) in [5, 5.41) is 0. The smallest absolute Gasteiger partial charge is 0.260 e. The number of carbonyl (C=O) groups is 2. The zero-order valence-corrected chi connectivity index (χ0v) is 15.8. The lowest BCUT2D eigenvalue weighted by Crippen LogP contribution is -2.39. The van der Waals surface area contributed by atoms with E-state index in [2.05, 4.69) is 0 Å². The minimum absolute atomic E-state index is 0.0910. The third-order valence-corrected chi connectivity index (χ3v) is 4.65. The van der Waals surface area contributed by atoms with Crippen molar-refractivity contribution < 1.29 is 23.5 Å². The van der Waals surface area contributed by atoms with Gasteiger partial charge in [-0.15, -0.1) is 0 Å². The molecule has 1 saturated heterocycles. The van der Waals surface area contributed by atoms with Crippen LogP contribution in [0.2, 0.25) is 0 Å². The van der Waals surface area contributed by atoms with Gasteiger partial charge in [0.05, 0.1) is 7.11 Å². The van der Waals surface area contributed by atoms with Crippen LogP contribution < -0.4 is 9.47 Å². The molecule has 1 aliphatic rings. The van der Waals surface area contributed by atoms with E-state index in [0.717, 1.165) is 0 Å². The van der Waals surface area contributed by atoms with Crippen molar-refractivity contribution in [3.05, 3.63) is 59.9 Å². The van der Waals surface area contributed by atoms with Crippen LogP contribution in [0.25, 0.3) is 0 Å². The van der Waals surface area contributed by atoms with Gasteiger partial charge in [-0.1, -0.05) is 12.1 Å². The number of nitrogens with zero attached hydrogens (tertiary/aromatic N) is 2. The first-order valence-electron chi connectivity index (χ1n) is 9.17. The number of halogens is 1. The summed E-state index contributed by atoms with van der Waals surface area (Å²) in [7, 11) is 1.55. The van der Waals surface area contributed by atoms with E-state index in [0.29, 0.717) is 49.7 Å². The van der Waals surface area contributed by atoms with Gasteiger partial charge in [-0.3, -0.25) is 9.59 Å². The molecule has 0 bridgehead atoms. The number of carbonyl (C=O) groups excluding carboxylic acids is 2. The summed E-state index contributed by atoms with van der Waals surface area (Å²) in [5.41, 5.74) is 0.445. The van der Waals surface area contributed by atoms with Gasteiger partial charge in [0.2, 0.25) is 0 Å². The largest absolute Gasteiger partial charge is 0.493 e. The van der Waals surface area contributed by atoms with E-state index in [1.54, 1.807) is 29.0 Å². The molecule has 0 saturated carbocycles. The number of rotatable bonds is 5. The molecular formula is C21H23FN2O4. The Kier molecular flexibility index (Phi) is 6.47. The molecule has 0 radical (unpaired) electrons. The number of methoxy groups -OCH3 is 1. The number of para-hydroxylation sites is 2. The van der Waals surface area contributed by atoms with Gasteiger partial charge in [0.25, 0.3) is 11.8 Å². The minimum Gasteiger partial charge on any atom is -0.493 e. The van der Waals surface area contributed by atoms with Gasteiger partial charge >= 0.3 is 0 Å². The van der Waals surface area contributed by atoms with Gasteiger partial charge in [-0.25, -0.2) is 4.39 Å². The van der Waals surface area contributed by atoms with Crippen molar-refractivity contribution in [1.29, 1.82) is 0 Å². The number of ether oxygens (including phenoxy) is 2. The van der Waals surface area contributed by atoms with Gasteiger partial charge in [0.1, 0.15) is 5.82 Å². The van der Waals surface area contributed by atoms with Gasteiger partial charge in [-0.2, -0.15) is 0 Å². The molecule has 0 atom stereocenters. The van der Waals surface area contributed by atoms with Crippen LogP contribution in [0.1, 0.15) is 16.8 Å². The number of hydrogen-bond acceptors (Lipinski definition) is 4. The highest BCUT2D eigenvalue weighted by atomic mass is 19.1. The fourth-order valence-electron chi connectivity index (χ4n) is 3.11. The zero-order chi connectivity index (χ0) is 19.9. The van der Waals surface area contributed by atoms with Crippen LogP contribution in [0.4, 0.5) is 4.39 Å². The predicted octanol–water partition coefficient (Wildman–Crippen LogP) is 2.59. The Morgan fingerprint density at radius 3 is 2.29 bits per heavy atom. The molecule has 2 aromatic rings. The van der Waals surface area contributed by atoms with Gasteiger partial charge in [0.15, 0.2) is 18.1 Å². The maximum Gasteiger partial charge on any atom is 0.260 e. The lowest BCUT2D eigenvalue weighted by atomic mass is 10.2. The lowest BCUT2D eigenvalue weighted by Gasteiger charge is -2.22. The van der Waals surface area contributed by atoms with E-state index in [1.165, 1.54) is 24.3 Å². The number of hydrogen-bond donors (Lipinski definition) is 0. The molecule has 1 fully saturated rings. The van der Waals surface area contributed by atoms with E-state index in [-0.39, 0.29) is 24.2 Å². The molecule has 2 amide bonds. The molecule has 0 aromatic heterocycles. The fourth-order valence-corrected chi connectivity index (χ4v) is 3.11. The number of benzene rings is 2. The van der Waals surface area contributed by atoms with Crippen LogP contribution in [0.5, 0.6) is 11.5 Å². The average molecular weight is 386 g/mol. The average Bonchev–Trinajstić information content (AvgIpc) is 2.98. The monoisotopic (exact) mass is 386 g/mol. The summed E-state index contributed by atoms with van der Waals surface area (Å²) >= 11 is 0. The maximum atomic E-state index is 13.1. The predicted molar refractivity (Wildman–Crippen MR) is 102 cm³/mol. The Morgan fingerprint density at radius 1 is 0.929 bits per heavy atom. The molecule has 7 heteroatoms. The second-order valence-electron chi connectivity index (χ2n) is 6.47. The lowest BCUT2D eigenvalue weighted by molar-refractivity contribution is -0.133. The van der Waals surface area contributed by atoms with E-state index in [1.807, 2.05) is 12.1 Å². The molecule has 0 aliphatic carbocycles. The quantitative estimate of drug-likeness (QED) is 0.793. The van der Waals surface area contributed by atoms with Crippen LogP contribution in [-0.2, 0) is 4.79 Å². The summed E-state index contributed by atoms with van der Waals surface area (Å²) < 4.78 is 23.9. The molecular weight excluding hydrogens is 363 g/mol. The van der Waals surface area contributed by atoms with Crippen LogP contribution >= 0.6 is 0 Å². The Hall–Kier alpha value is -3.09. The molecule has 0 spiro atoms. The van der Waals surface area contributed by atoms with Crippen molar-refractivity contribution >= 4 is 11.8 Å². The Balaban J connectivity index is 1.55. The summed E-state index contributed by atoms with van der Waals surface area (Å²) in [6, 6.07) is 12.7. The van der Waals surface area contributed by atoms with Crippen molar-refractivity contribution in [3.8, 4) is 11.5 Å². The maximum absolute atomic E-state index is 13.1. The van der Waals surface area contributed by atoms with E-state index in [4.69, 9.17) is 9.47 Å². The highest BCUT2D eigenvalue weighted by Crippen LogP contribution is 2.25. The second-order valence-corrected chi connectivity index (χ2v) is 6.47. The first-order valence-corrected chi connectivity index (χ1v) is 9.17. The molecule has 28 heavy (non-hydrogen) atoms. The van der Waals surface area contributed by atoms with Crippen molar-refractivity contribution in [2.75, 3.05) is 39.9 Å². The van der Waals surface area contributed by atoms with Crippen LogP contribution in [-0.4, -0.2) is 61.5 Å². The van der Waals surface area contributed by atoms with Gasteiger partial charge < -0.3 is 19.3 Å². The molecule has 1 aliphatic heterocycles. The summed E-state index contributed by atoms with van der Waals surface area (Å²) in [6.45, 7) is 1.87. The zero-order valence-electron chi connectivity index (χ0n) is 15.8. The molecule has 0 unspecified atom stereocenters. The fraction of sp³-hybridized carbons (Fsp3) is 0.333. The standard InChI is InChI=1S/C21H23FN2O4/c1-27-18-5-2-3-6-19(18)28-15-20(25)23-11-4-12-24(14-13-23)21(26)16-7-9-17(22)10-8-16/h2-3,5-10H,4,11-15H2,1H3. The second kappa shape index (κ2) is 9.21. The normalized spacial score (nSPS) is 14.4. The molecule has 0 N–H and O–H groups in total. The van der Waals surface area contributed by atoms with Crippen LogP contribution in [0.15, 0.2) is 48.5 Å². The van der Waals surface area contributed by atoms with Crippen molar-refractivity contribution in [3.63, 3.8) is 0 Å². The van der Waals surface area contributed by atoms with Crippen molar-refractivity contribution in [1.82, 2.24) is 9.80 Å². The highest BCUT2D eigenvalue weighted by molar-refractivity contribution is 5.94. The van der Waals surface area contributed by atoms with Crippen LogP contribution in [0, 0.1) is 5.82 Å². The molecule has 1 heterocycles. The molecule has 6 nitrogen and oxygen atoms in total. The highest BCUT2D eigenvalue weighted by Gasteiger charge is 2.23. The summed E-state index contributed by atoms with van der Waals surface area (Å²) in [4.78, 5) is 28.5. The first-order chi connectivity index (χ1) is 13.6. The van der Waals surface area contributed by atoms with E-state index in [9.17, 15) is 14.0 Å². The van der Waals surface area contributed by atoms with Gasteiger partial charge in [-0.05, 0) is 42.8 Å². The minimum atomic E-state index is -0.376. The topological polar surface area (TPSA) is 59.1 Å². The molecule has 148 valence electrons. The Morgan fingerprint density at radius 2 is 1.57 bits per heavy atom. The molecule has 2 aromatic carbocycles. The third-order valence-electron chi connectivity index (χ3n) is 4.65. The summed E-state index contributed by atoms with van der Waals surface area (Å²) in [5.74, 6) is 0.421. The Labute approximate surface area is 163 Å². The van der Waals surface area contributed by atoms with E-state index >= 15 is 0 Å². The van der Waals surface area contributed by atoms with E-state index < -0.39 is 0 Å². The van der Waals surface area contributed by atoms with Gasteiger partial charge in [0, 0.05) is 31.7 Å². The third kappa shape index (κ3) is 4.79. The Bertz CT molecular complexity index is 825. The SMILES string of the molecule is COc1ccccc1OCC(=O)N1CCCN(C(=O)c2ccc(F)cc2)CC1.